The zero-order valence-corrected chi connectivity index (χ0v) is 18.2. The molecular weight excluding hydrogens is 396 g/mol. The number of nitrogens with one attached hydrogen (secondary N) is 3. The number of pyridine rings is 1. The van der Waals surface area contributed by atoms with E-state index in [9.17, 15) is 14.4 Å². The van der Waals surface area contributed by atoms with Crippen LogP contribution in [0.2, 0.25) is 0 Å². The molecule has 0 radical (unpaired) electrons. The van der Waals surface area contributed by atoms with Crippen molar-refractivity contribution in [1.29, 1.82) is 5.41 Å². The topological polar surface area (TPSA) is 141 Å². The minimum absolute atomic E-state index is 0.0645. The summed E-state index contributed by atoms with van der Waals surface area (Å²) < 4.78 is 0. The molecule has 2 heterocycles. The number of carbonyl (C=O) groups is 3. The molecule has 3 rings (SSSR count). The van der Waals surface area contributed by atoms with Gasteiger partial charge in [-0.05, 0) is 43.6 Å². The molecule has 0 aromatic carbocycles. The van der Waals surface area contributed by atoms with Gasteiger partial charge in [0, 0.05) is 24.3 Å². The molecule has 2 aliphatic rings. The quantitative estimate of drug-likeness (QED) is 0.486. The van der Waals surface area contributed by atoms with Crippen LogP contribution in [0, 0.1) is 10.8 Å². The number of aromatic nitrogens is 1. The maximum absolute atomic E-state index is 12.9. The molecule has 1 saturated carbocycles. The summed E-state index contributed by atoms with van der Waals surface area (Å²) in [6.45, 7) is 4.93. The van der Waals surface area contributed by atoms with Crippen LogP contribution >= 0.6 is 0 Å². The Morgan fingerprint density at radius 3 is 2.77 bits per heavy atom. The van der Waals surface area contributed by atoms with Crippen LogP contribution in [-0.4, -0.2) is 58.5 Å². The van der Waals surface area contributed by atoms with Crippen molar-refractivity contribution in [3.63, 3.8) is 0 Å². The zero-order chi connectivity index (χ0) is 22.6. The van der Waals surface area contributed by atoms with E-state index < -0.39 is 11.9 Å². The maximum atomic E-state index is 12.9. The molecule has 1 aromatic heterocycles. The average Bonchev–Trinajstić information content (AvgIpc) is 3.21. The van der Waals surface area contributed by atoms with E-state index in [1.54, 1.807) is 4.90 Å². The molecule has 168 valence electrons. The third kappa shape index (κ3) is 5.59. The van der Waals surface area contributed by atoms with E-state index in [1.807, 2.05) is 0 Å². The Kier molecular flexibility index (Phi) is 6.92. The second-order valence-electron chi connectivity index (χ2n) is 9.23. The van der Waals surface area contributed by atoms with E-state index in [1.165, 1.54) is 24.9 Å². The molecular formula is C22H32N6O3. The molecule has 1 aliphatic heterocycles. The molecule has 9 heteroatoms. The average molecular weight is 429 g/mol. The summed E-state index contributed by atoms with van der Waals surface area (Å²) in [6.07, 6.45) is 8.53. The Bertz CT molecular complexity index is 869. The van der Waals surface area contributed by atoms with Crippen molar-refractivity contribution in [3.05, 3.63) is 24.0 Å². The number of carbonyl (C=O) groups excluding carboxylic acids is 3. The Morgan fingerprint density at radius 2 is 2.06 bits per heavy atom. The molecule has 2 atom stereocenters. The van der Waals surface area contributed by atoms with Crippen molar-refractivity contribution in [2.45, 2.75) is 64.5 Å². The highest BCUT2D eigenvalue weighted by molar-refractivity contribution is 6.44. The van der Waals surface area contributed by atoms with E-state index in [0.717, 1.165) is 25.7 Å². The van der Waals surface area contributed by atoms with Crippen LogP contribution in [0.15, 0.2) is 18.5 Å². The maximum Gasteiger partial charge on any atom is 0.267 e. The number of primary amides is 1. The van der Waals surface area contributed by atoms with Gasteiger partial charge in [-0.15, -0.1) is 0 Å². The summed E-state index contributed by atoms with van der Waals surface area (Å²) in [4.78, 5) is 42.7. The van der Waals surface area contributed by atoms with Crippen molar-refractivity contribution < 1.29 is 14.4 Å². The van der Waals surface area contributed by atoms with Gasteiger partial charge in [0.15, 0.2) is 0 Å². The Morgan fingerprint density at radius 1 is 1.29 bits per heavy atom. The molecule has 1 aliphatic carbocycles. The molecule has 1 saturated heterocycles. The minimum Gasteiger partial charge on any atom is -0.374 e. The molecule has 1 aromatic rings. The predicted molar refractivity (Wildman–Crippen MR) is 118 cm³/mol. The number of likely N-dealkylation sites (tertiary alicyclic amines) is 1. The van der Waals surface area contributed by atoms with Crippen LogP contribution in [0.3, 0.4) is 0 Å². The number of rotatable bonds is 7. The molecule has 2 fully saturated rings. The summed E-state index contributed by atoms with van der Waals surface area (Å²) in [5.41, 5.74) is 5.74. The molecule has 3 amide bonds. The van der Waals surface area contributed by atoms with Gasteiger partial charge in [-0.2, -0.15) is 0 Å². The fourth-order valence-electron chi connectivity index (χ4n) is 4.61. The van der Waals surface area contributed by atoms with Crippen LogP contribution in [0.5, 0.6) is 0 Å². The number of nitrogens with two attached hydrogens (primary N) is 1. The van der Waals surface area contributed by atoms with Gasteiger partial charge in [-0.1, -0.05) is 20.3 Å². The third-order valence-electron chi connectivity index (χ3n) is 6.19. The number of anilines is 1. The van der Waals surface area contributed by atoms with Gasteiger partial charge in [0.25, 0.3) is 5.91 Å². The highest BCUT2D eigenvalue weighted by atomic mass is 16.2. The van der Waals surface area contributed by atoms with Gasteiger partial charge in [0.2, 0.25) is 11.8 Å². The molecule has 9 nitrogen and oxygen atoms in total. The van der Waals surface area contributed by atoms with Gasteiger partial charge in [-0.25, -0.2) is 0 Å². The van der Waals surface area contributed by atoms with Gasteiger partial charge in [0.05, 0.1) is 18.4 Å². The second kappa shape index (κ2) is 9.45. The predicted octanol–water partition coefficient (Wildman–Crippen LogP) is 1.42. The molecule has 0 unspecified atom stereocenters. The first-order valence-electron chi connectivity index (χ1n) is 10.8. The van der Waals surface area contributed by atoms with Crippen molar-refractivity contribution in [2.24, 2.45) is 11.1 Å². The SMILES string of the molecule is CC1(C)CCC[C@@H](NC(=O)[C@@H]2CCCN2C(=O)CNc2cnccc2C(=N)C(N)=O)C1. The lowest BCUT2D eigenvalue weighted by Gasteiger charge is -2.36. The minimum atomic E-state index is -0.859. The summed E-state index contributed by atoms with van der Waals surface area (Å²) in [7, 11) is 0. The summed E-state index contributed by atoms with van der Waals surface area (Å²) in [6, 6.07) is 1.19. The van der Waals surface area contributed by atoms with Gasteiger partial charge >= 0.3 is 0 Å². The fraction of sp³-hybridized carbons (Fsp3) is 0.591. The standard InChI is InChI=1S/C22H32N6O3/c1-22(2)8-3-5-14(11-22)27-21(31)17-6-4-10-28(17)18(29)13-26-16-12-25-9-7-15(16)19(23)20(24)30/h7,9,12,14,17,23,26H,3-6,8,10-11,13H2,1-2H3,(H2,24,30)(H,27,31)/t14-,17+/m1/s1. The van der Waals surface area contributed by atoms with Crippen LogP contribution in [0.1, 0.15) is 57.9 Å². The van der Waals surface area contributed by atoms with Crippen molar-refractivity contribution in [1.82, 2.24) is 15.2 Å². The lowest BCUT2D eigenvalue weighted by molar-refractivity contribution is -0.137. The normalized spacial score (nSPS) is 22.6. The van der Waals surface area contributed by atoms with E-state index in [4.69, 9.17) is 11.1 Å². The number of amides is 3. The Labute approximate surface area is 182 Å². The second-order valence-corrected chi connectivity index (χ2v) is 9.23. The Hall–Kier alpha value is -2.97. The summed E-state index contributed by atoms with van der Waals surface area (Å²) >= 11 is 0. The fourth-order valence-corrected chi connectivity index (χ4v) is 4.61. The summed E-state index contributed by atoms with van der Waals surface area (Å²) in [5, 5.41) is 13.9. The first-order chi connectivity index (χ1) is 14.7. The van der Waals surface area contributed by atoms with Gasteiger partial charge in [0.1, 0.15) is 11.8 Å². The van der Waals surface area contributed by atoms with E-state index in [-0.39, 0.29) is 41.1 Å². The molecule has 5 N–H and O–H groups in total. The highest BCUT2D eigenvalue weighted by Crippen LogP contribution is 2.35. The monoisotopic (exact) mass is 428 g/mol. The summed E-state index contributed by atoms with van der Waals surface area (Å²) in [5.74, 6) is -1.14. The van der Waals surface area contributed by atoms with E-state index >= 15 is 0 Å². The first kappa shape index (κ1) is 22.7. The number of hydrogen-bond donors (Lipinski definition) is 4. The van der Waals surface area contributed by atoms with Crippen molar-refractivity contribution >= 4 is 29.1 Å². The smallest absolute Gasteiger partial charge is 0.267 e. The largest absolute Gasteiger partial charge is 0.374 e. The zero-order valence-electron chi connectivity index (χ0n) is 18.2. The highest BCUT2D eigenvalue weighted by Gasteiger charge is 2.36. The number of nitrogens with zero attached hydrogens (tertiary/aromatic N) is 2. The van der Waals surface area contributed by atoms with E-state index in [2.05, 4.69) is 29.5 Å². The third-order valence-corrected chi connectivity index (χ3v) is 6.19. The van der Waals surface area contributed by atoms with Gasteiger partial charge in [-0.3, -0.25) is 24.8 Å². The Balaban J connectivity index is 1.60. The molecule has 0 bridgehead atoms. The van der Waals surface area contributed by atoms with Gasteiger partial charge < -0.3 is 21.3 Å². The van der Waals surface area contributed by atoms with Crippen LogP contribution in [0.25, 0.3) is 0 Å². The lowest BCUT2D eigenvalue weighted by Crippen LogP contribution is -2.51. The number of hydrogen-bond acceptors (Lipinski definition) is 6. The van der Waals surface area contributed by atoms with E-state index in [0.29, 0.717) is 18.7 Å². The lowest BCUT2D eigenvalue weighted by atomic mass is 9.75. The van der Waals surface area contributed by atoms with Crippen molar-refractivity contribution in [2.75, 3.05) is 18.4 Å². The van der Waals surface area contributed by atoms with Crippen LogP contribution < -0.4 is 16.4 Å². The van der Waals surface area contributed by atoms with Crippen LogP contribution in [0.4, 0.5) is 5.69 Å². The van der Waals surface area contributed by atoms with Crippen molar-refractivity contribution in [3.8, 4) is 0 Å². The molecule has 0 spiro atoms. The van der Waals surface area contributed by atoms with Crippen LogP contribution in [-0.2, 0) is 14.4 Å². The molecule has 31 heavy (non-hydrogen) atoms. The first-order valence-corrected chi connectivity index (χ1v) is 10.8.